The quantitative estimate of drug-likeness (QED) is 0.485. The Morgan fingerprint density at radius 2 is 1.92 bits per heavy atom. The van der Waals surface area contributed by atoms with Gasteiger partial charge in [-0.2, -0.15) is 0 Å². The summed E-state index contributed by atoms with van der Waals surface area (Å²) in [5, 5.41) is 1.79. The van der Waals surface area contributed by atoms with E-state index in [-0.39, 0.29) is 5.69 Å². The number of rotatable bonds is 7. The Morgan fingerprint density at radius 1 is 1.12 bits per heavy atom. The summed E-state index contributed by atoms with van der Waals surface area (Å²) in [5.74, 6) is 0.0331. The maximum Gasteiger partial charge on any atom is 0.357 e. The number of esters is 1. The van der Waals surface area contributed by atoms with Gasteiger partial charge in [0.25, 0.3) is 0 Å². The van der Waals surface area contributed by atoms with Gasteiger partial charge in [-0.3, -0.25) is 4.98 Å². The molecule has 0 aliphatic rings. The highest BCUT2D eigenvalue weighted by Gasteiger charge is 2.14. The van der Waals surface area contributed by atoms with Gasteiger partial charge in [0.2, 0.25) is 5.88 Å². The molecule has 0 aliphatic heterocycles. The minimum absolute atomic E-state index is 0.270. The van der Waals surface area contributed by atoms with Crippen molar-refractivity contribution < 1.29 is 14.3 Å². The molecular weight excluding hydrogens is 316 g/mol. The number of hydrogen-bond acceptors (Lipinski definition) is 5. The number of fused-ring (bicyclic) bond motifs is 1. The molecule has 0 unspecified atom stereocenters. The predicted octanol–water partition coefficient (Wildman–Crippen LogP) is 3.82. The summed E-state index contributed by atoms with van der Waals surface area (Å²) in [5.41, 5.74) is 1.44. The third-order valence-corrected chi connectivity index (χ3v) is 3.79. The van der Waals surface area contributed by atoms with Gasteiger partial charge in [0.15, 0.2) is 5.69 Å². The minimum Gasteiger partial charge on any atom is -0.478 e. The zero-order valence-corrected chi connectivity index (χ0v) is 14.1. The van der Waals surface area contributed by atoms with E-state index in [1.54, 1.807) is 18.5 Å². The SMILES string of the molecule is CCOc1nc(C(=O)OCCCc2ccncc2)cc2ccccc12. The number of benzene rings is 1. The number of hydrogen-bond donors (Lipinski definition) is 0. The van der Waals surface area contributed by atoms with Crippen molar-refractivity contribution in [2.45, 2.75) is 19.8 Å². The summed E-state index contributed by atoms with van der Waals surface area (Å²) >= 11 is 0. The van der Waals surface area contributed by atoms with Crippen LogP contribution in [-0.4, -0.2) is 29.2 Å². The summed E-state index contributed by atoms with van der Waals surface area (Å²) in [6, 6.07) is 13.4. The van der Waals surface area contributed by atoms with Gasteiger partial charge in [-0.15, -0.1) is 0 Å². The van der Waals surface area contributed by atoms with E-state index in [1.807, 2.05) is 43.3 Å². The topological polar surface area (TPSA) is 61.3 Å². The summed E-state index contributed by atoms with van der Waals surface area (Å²) in [7, 11) is 0. The van der Waals surface area contributed by atoms with Gasteiger partial charge in [0.1, 0.15) is 0 Å². The number of carbonyl (C=O) groups is 1. The van der Waals surface area contributed by atoms with Gasteiger partial charge < -0.3 is 9.47 Å². The van der Waals surface area contributed by atoms with Crippen LogP contribution in [0.1, 0.15) is 29.4 Å². The standard InChI is InChI=1S/C20H20N2O3/c1-2-24-19-17-8-4-3-7-16(17)14-18(22-19)20(23)25-13-5-6-15-9-11-21-12-10-15/h3-4,7-12,14H,2,5-6,13H2,1H3. The first kappa shape index (κ1) is 16.9. The molecule has 25 heavy (non-hydrogen) atoms. The van der Waals surface area contributed by atoms with Crippen LogP contribution in [0.25, 0.3) is 10.8 Å². The van der Waals surface area contributed by atoms with Crippen LogP contribution in [0.15, 0.2) is 54.9 Å². The van der Waals surface area contributed by atoms with Crippen molar-refractivity contribution in [1.29, 1.82) is 0 Å². The van der Waals surface area contributed by atoms with E-state index in [0.717, 1.165) is 23.6 Å². The highest BCUT2D eigenvalue weighted by molar-refractivity contribution is 5.95. The summed E-state index contributed by atoms with van der Waals surface area (Å²) in [4.78, 5) is 20.6. The first-order valence-electron chi connectivity index (χ1n) is 8.36. The summed E-state index contributed by atoms with van der Waals surface area (Å²) < 4.78 is 10.9. The van der Waals surface area contributed by atoms with Gasteiger partial charge in [-0.25, -0.2) is 9.78 Å². The van der Waals surface area contributed by atoms with E-state index in [4.69, 9.17) is 9.47 Å². The molecule has 3 rings (SSSR count). The lowest BCUT2D eigenvalue weighted by Crippen LogP contribution is -2.10. The van der Waals surface area contributed by atoms with E-state index < -0.39 is 5.97 Å². The molecule has 0 spiro atoms. The smallest absolute Gasteiger partial charge is 0.357 e. The van der Waals surface area contributed by atoms with Crippen molar-refractivity contribution in [2.24, 2.45) is 0 Å². The maximum atomic E-state index is 12.3. The molecule has 2 aromatic heterocycles. The van der Waals surface area contributed by atoms with Gasteiger partial charge in [-0.05, 0) is 55.0 Å². The molecule has 3 aromatic rings. The van der Waals surface area contributed by atoms with E-state index >= 15 is 0 Å². The zero-order valence-electron chi connectivity index (χ0n) is 14.1. The Labute approximate surface area is 146 Å². The second kappa shape index (κ2) is 8.24. The maximum absolute atomic E-state index is 12.3. The fourth-order valence-corrected chi connectivity index (χ4v) is 2.58. The van der Waals surface area contributed by atoms with Crippen molar-refractivity contribution in [3.8, 4) is 5.88 Å². The van der Waals surface area contributed by atoms with E-state index in [1.165, 1.54) is 5.56 Å². The fraction of sp³-hybridized carbons (Fsp3) is 0.250. The van der Waals surface area contributed by atoms with E-state index in [2.05, 4.69) is 9.97 Å². The number of nitrogens with zero attached hydrogens (tertiary/aromatic N) is 2. The Kier molecular flexibility index (Phi) is 5.57. The lowest BCUT2D eigenvalue weighted by atomic mass is 10.1. The first-order chi connectivity index (χ1) is 12.3. The molecule has 0 N–H and O–H groups in total. The highest BCUT2D eigenvalue weighted by atomic mass is 16.5. The lowest BCUT2D eigenvalue weighted by Gasteiger charge is -2.09. The molecule has 0 saturated heterocycles. The van der Waals surface area contributed by atoms with Crippen molar-refractivity contribution in [3.05, 3.63) is 66.1 Å². The Bertz CT molecular complexity index is 850. The van der Waals surface area contributed by atoms with Gasteiger partial charge >= 0.3 is 5.97 Å². The van der Waals surface area contributed by atoms with Crippen LogP contribution in [0, 0.1) is 0 Å². The van der Waals surface area contributed by atoms with Crippen molar-refractivity contribution >= 4 is 16.7 Å². The Hall–Kier alpha value is -2.95. The monoisotopic (exact) mass is 336 g/mol. The minimum atomic E-state index is -0.429. The molecule has 0 atom stereocenters. The molecule has 0 radical (unpaired) electrons. The molecule has 128 valence electrons. The first-order valence-corrected chi connectivity index (χ1v) is 8.36. The Balaban J connectivity index is 1.65. The molecule has 5 heteroatoms. The van der Waals surface area contributed by atoms with Crippen LogP contribution < -0.4 is 4.74 Å². The molecular formula is C20H20N2O3. The molecule has 0 saturated carbocycles. The molecule has 0 fully saturated rings. The average Bonchev–Trinajstić information content (AvgIpc) is 2.66. The Morgan fingerprint density at radius 3 is 2.72 bits per heavy atom. The molecule has 1 aromatic carbocycles. The molecule has 0 aliphatic carbocycles. The van der Waals surface area contributed by atoms with Gasteiger partial charge in [0, 0.05) is 17.8 Å². The molecule has 0 bridgehead atoms. The zero-order chi connectivity index (χ0) is 17.5. The van der Waals surface area contributed by atoms with Crippen LogP contribution >= 0.6 is 0 Å². The van der Waals surface area contributed by atoms with Crippen LogP contribution in [0.3, 0.4) is 0 Å². The van der Waals surface area contributed by atoms with Crippen molar-refractivity contribution in [2.75, 3.05) is 13.2 Å². The van der Waals surface area contributed by atoms with Crippen molar-refractivity contribution in [1.82, 2.24) is 9.97 Å². The normalized spacial score (nSPS) is 10.6. The largest absolute Gasteiger partial charge is 0.478 e. The van der Waals surface area contributed by atoms with Crippen LogP contribution in [0.4, 0.5) is 0 Å². The second-order valence-corrected chi connectivity index (χ2v) is 5.56. The average molecular weight is 336 g/mol. The lowest BCUT2D eigenvalue weighted by molar-refractivity contribution is 0.0493. The molecule has 0 amide bonds. The summed E-state index contributed by atoms with van der Waals surface area (Å²) in [6.45, 7) is 2.72. The van der Waals surface area contributed by atoms with Crippen LogP contribution in [-0.2, 0) is 11.2 Å². The third kappa shape index (κ3) is 4.32. The number of pyridine rings is 2. The molecule has 5 nitrogen and oxygen atoms in total. The molecule has 2 heterocycles. The second-order valence-electron chi connectivity index (χ2n) is 5.56. The van der Waals surface area contributed by atoms with Gasteiger partial charge in [-0.1, -0.05) is 18.2 Å². The number of ether oxygens (including phenoxy) is 2. The predicted molar refractivity (Wildman–Crippen MR) is 95.8 cm³/mol. The third-order valence-electron chi connectivity index (χ3n) is 3.79. The number of aromatic nitrogens is 2. The van der Waals surface area contributed by atoms with Crippen LogP contribution in [0.5, 0.6) is 5.88 Å². The highest BCUT2D eigenvalue weighted by Crippen LogP contribution is 2.24. The van der Waals surface area contributed by atoms with E-state index in [9.17, 15) is 4.79 Å². The van der Waals surface area contributed by atoms with Gasteiger partial charge in [0.05, 0.1) is 13.2 Å². The number of aryl methyl sites for hydroxylation is 1. The van der Waals surface area contributed by atoms with E-state index in [0.29, 0.717) is 19.1 Å². The van der Waals surface area contributed by atoms with Crippen LogP contribution in [0.2, 0.25) is 0 Å². The fourth-order valence-electron chi connectivity index (χ4n) is 2.58. The summed E-state index contributed by atoms with van der Waals surface area (Å²) in [6.07, 6.45) is 5.11. The number of carbonyl (C=O) groups excluding carboxylic acids is 1. The van der Waals surface area contributed by atoms with Crippen molar-refractivity contribution in [3.63, 3.8) is 0 Å².